The van der Waals surface area contributed by atoms with Gasteiger partial charge in [0.1, 0.15) is 0 Å². The molecule has 104 valence electrons. The van der Waals surface area contributed by atoms with Crippen molar-refractivity contribution in [3.05, 3.63) is 42.0 Å². The van der Waals surface area contributed by atoms with Crippen LogP contribution in [0.25, 0.3) is 5.57 Å². The van der Waals surface area contributed by atoms with Crippen molar-refractivity contribution in [3.8, 4) is 0 Å². The highest BCUT2D eigenvalue weighted by Gasteiger charge is 2.19. The molecule has 0 fully saturated rings. The van der Waals surface area contributed by atoms with E-state index in [-0.39, 0.29) is 0 Å². The highest BCUT2D eigenvalue weighted by molar-refractivity contribution is 5.98. The molecule has 0 heterocycles. The van der Waals surface area contributed by atoms with Crippen molar-refractivity contribution in [2.45, 2.75) is 41.5 Å². The minimum absolute atomic E-state index is 0.313. The number of aliphatic imine (C=N–C) groups is 1. The lowest BCUT2D eigenvalue weighted by atomic mass is 9.82. The molecule has 1 atom stereocenters. The number of allylic oxidation sites excluding steroid dienone is 1. The second-order valence-electron chi connectivity index (χ2n) is 6.55. The van der Waals surface area contributed by atoms with Gasteiger partial charge in [0, 0.05) is 12.3 Å². The average molecular weight is 257 g/mol. The molecule has 1 aromatic carbocycles. The first kappa shape index (κ1) is 15.7. The maximum atomic E-state index is 4.73. The summed E-state index contributed by atoms with van der Waals surface area (Å²) in [5.41, 5.74) is 4.92. The van der Waals surface area contributed by atoms with Crippen LogP contribution in [0.4, 0.5) is 0 Å². The fourth-order valence-electron chi connectivity index (χ4n) is 1.63. The first-order valence-corrected chi connectivity index (χ1v) is 6.99. The molecule has 1 aromatic rings. The van der Waals surface area contributed by atoms with Gasteiger partial charge in [-0.25, -0.2) is 0 Å². The molecular formula is C18H27N. The highest BCUT2D eigenvalue weighted by atomic mass is 14.7. The Morgan fingerprint density at radius 1 is 1.11 bits per heavy atom. The smallest absolute Gasteiger partial charge is 0.0423 e. The first-order chi connectivity index (χ1) is 8.71. The van der Waals surface area contributed by atoms with Crippen LogP contribution in [0, 0.1) is 11.3 Å². The zero-order chi connectivity index (χ0) is 14.6. The Kier molecular flexibility index (Phi) is 5.11. The molecule has 0 N–H and O–H groups in total. The Labute approximate surface area is 118 Å². The van der Waals surface area contributed by atoms with Crippen molar-refractivity contribution >= 4 is 11.3 Å². The normalized spacial score (nSPS) is 14.3. The minimum Gasteiger partial charge on any atom is -0.289 e. The third-order valence-corrected chi connectivity index (χ3v) is 3.88. The molecule has 1 nitrogen and oxygen atoms in total. The molecule has 0 aliphatic carbocycles. The molecular weight excluding hydrogens is 230 g/mol. The van der Waals surface area contributed by atoms with Crippen LogP contribution in [0.5, 0.6) is 0 Å². The Morgan fingerprint density at radius 3 is 2.00 bits per heavy atom. The van der Waals surface area contributed by atoms with Crippen molar-refractivity contribution < 1.29 is 0 Å². The fraction of sp³-hybridized carbons (Fsp3) is 0.500. The van der Waals surface area contributed by atoms with Gasteiger partial charge in [-0.1, -0.05) is 64.1 Å². The molecule has 0 bridgehead atoms. The summed E-state index contributed by atoms with van der Waals surface area (Å²) in [6.45, 7) is 18.0. The summed E-state index contributed by atoms with van der Waals surface area (Å²) in [6, 6.07) is 8.49. The van der Waals surface area contributed by atoms with Gasteiger partial charge in [0.2, 0.25) is 0 Å². The van der Waals surface area contributed by atoms with Crippen LogP contribution in [0.3, 0.4) is 0 Å². The molecule has 0 aromatic heterocycles. The molecule has 0 aliphatic heterocycles. The van der Waals surface area contributed by atoms with Gasteiger partial charge < -0.3 is 0 Å². The van der Waals surface area contributed by atoms with Crippen molar-refractivity contribution in [2.75, 3.05) is 6.54 Å². The SMILES string of the molecule is C=C(C)c1ccc(/C(C)=N/CC(C)C(C)(C)C)cc1. The lowest BCUT2D eigenvalue weighted by Crippen LogP contribution is -2.20. The summed E-state index contributed by atoms with van der Waals surface area (Å²) >= 11 is 0. The van der Waals surface area contributed by atoms with Gasteiger partial charge in [-0.15, -0.1) is 0 Å². The lowest BCUT2D eigenvalue weighted by Gasteiger charge is -2.25. The summed E-state index contributed by atoms with van der Waals surface area (Å²) in [7, 11) is 0. The third-order valence-electron chi connectivity index (χ3n) is 3.88. The van der Waals surface area contributed by atoms with E-state index in [1.807, 2.05) is 6.92 Å². The summed E-state index contributed by atoms with van der Waals surface area (Å²) < 4.78 is 0. The van der Waals surface area contributed by atoms with E-state index in [4.69, 9.17) is 4.99 Å². The van der Waals surface area contributed by atoms with Crippen LogP contribution in [-0.2, 0) is 0 Å². The molecule has 1 unspecified atom stereocenters. The average Bonchev–Trinajstić information content (AvgIpc) is 2.34. The quantitative estimate of drug-likeness (QED) is 0.656. The molecule has 0 radical (unpaired) electrons. The van der Waals surface area contributed by atoms with Gasteiger partial charge in [-0.3, -0.25) is 4.99 Å². The molecule has 0 amide bonds. The van der Waals surface area contributed by atoms with Gasteiger partial charge in [0.25, 0.3) is 0 Å². The molecule has 0 spiro atoms. The summed E-state index contributed by atoms with van der Waals surface area (Å²) in [5, 5.41) is 0. The summed E-state index contributed by atoms with van der Waals surface area (Å²) in [4.78, 5) is 4.73. The van der Waals surface area contributed by atoms with Gasteiger partial charge in [-0.2, -0.15) is 0 Å². The summed E-state index contributed by atoms with van der Waals surface area (Å²) in [5.74, 6) is 0.581. The second-order valence-corrected chi connectivity index (χ2v) is 6.55. The van der Waals surface area contributed by atoms with Crippen molar-refractivity contribution in [2.24, 2.45) is 16.3 Å². The van der Waals surface area contributed by atoms with Crippen LogP contribution in [0.2, 0.25) is 0 Å². The standard InChI is InChI=1S/C18H27N/c1-13(2)16-8-10-17(11-9-16)15(4)19-12-14(3)18(5,6)7/h8-11,14H,1,12H2,2-7H3/b19-15+. The van der Waals surface area contributed by atoms with Gasteiger partial charge in [0.05, 0.1) is 0 Å². The van der Waals surface area contributed by atoms with Gasteiger partial charge in [-0.05, 0) is 36.3 Å². The van der Waals surface area contributed by atoms with E-state index in [2.05, 4.69) is 65.5 Å². The van der Waals surface area contributed by atoms with Gasteiger partial charge in [0.15, 0.2) is 0 Å². The second kappa shape index (κ2) is 6.18. The lowest BCUT2D eigenvalue weighted by molar-refractivity contribution is 0.269. The Hall–Kier alpha value is -1.37. The molecule has 0 aliphatic rings. The predicted octanol–water partition coefficient (Wildman–Crippen LogP) is 5.21. The topological polar surface area (TPSA) is 12.4 Å². The molecule has 1 heteroatoms. The van der Waals surface area contributed by atoms with E-state index in [1.54, 1.807) is 0 Å². The van der Waals surface area contributed by atoms with E-state index in [1.165, 1.54) is 11.1 Å². The van der Waals surface area contributed by atoms with E-state index in [0.29, 0.717) is 11.3 Å². The monoisotopic (exact) mass is 257 g/mol. The van der Waals surface area contributed by atoms with Crippen LogP contribution in [0.15, 0.2) is 35.8 Å². The number of hydrogen-bond acceptors (Lipinski definition) is 1. The Balaban J connectivity index is 2.77. The maximum Gasteiger partial charge on any atom is 0.0423 e. The van der Waals surface area contributed by atoms with Crippen molar-refractivity contribution in [3.63, 3.8) is 0 Å². The molecule has 0 saturated heterocycles. The Bertz CT molecular complexity index is 457. The van der Waals surface area contributed by atoms with Crippen LogP contribution < -0.4 is 0 Å². The minimum atomic E-state index is 0.313. The molecule has 1 rings (SSSR count). The number of rotatable bonds is 4. The predicted molar refractivity (Wildman–Crippen MR) is 86.8 cm³/mol. The van der Waals surface area contributed by atoms with Crippen LogP contribution >= 0.6 is 0 Å². The number of nitrogens with zero attached hydrogens (tertiary/aromatic N) is 1. The van der Waals surface area contributed by atoms with E-state index >= 15 is 0 Å². The zero-order valence-electron chi connectivity index (χ0n) is 13.2. The number of benzene rings is 1. The molecule has 19 heavy (non-hydrogen) atoms. The van der Waals surface area contributed by atoms with E-state index < -0.39 is 0 Å². The maximum absolute atomic E-state index is 4.73. The fourth-order valence-corrected chi connectivity index (χ4v) is 1.63. The number of hydrogen-bond donors (Lipinski definition) is 0. The van der Waals surface area contributed by atoms with E-state index in [0.717, 1.165) is 17.8 Å². The van der Waals surface area contributed by atoms with E-state index in [9.17, 15) is 0 Å². The first-order valence-electron chi connectivity index (χ1n) is 6.99. The zero-order valence-corrected chi connectivity index (χ0v) is 13.2. The van der Waals surface area contributed by atoms with Crippen molar-refractivity contribution in [1.82, 2.24) is 0 Å². The van der Waals surface area contributed by atoms with Crippen LogP contribution in [-0.4, -0.2) is 12.3 Å². The summed E-state index contributed by atoms with van der Waals surface area (Å²) in [6.07, 6.45) is 0. The Morgan fingerprint density at radius 2 is 1.58 bits per heavy atom. The van der Waals surface area contributed by atoms with Gasteiger partial charge >= 0.3 is 0 Å². The molecule has 0 saturated carbocycles. The van der Waals surface area contributed by atoms with Crippen LogP contribution in [0.1, 0.15) is 52.7 Å². The highest BCUT2D eigenvalue weighted by Crippen LogP contribution is 2.25. The third kappa shape index (κ3) is 4.66. The van der Waals surface area contributed by atoms with Crippen molar-refractivity contribution in [1.29, 1.82) is 0 Å². The largest absolute Gasteiger partial charge is 0.289 e.